The van der Waals surface area contributed by atoms with Gasteiger partial charge in [0.05, 0.1) is 42.5 Å². The first-order valence-electron chi connectivity index (χ1n) is 7.78. The van der Waals surface area contributed by atoms with Crippen molar-refractivity contribution in [3.8, 4) is 0 Å². The molecule has 134 valence electrons. The molecule has 1 heterocycles. The van der Waals surface area contributed by atoms with E-state index in [0.29, 0.717) is 12.2 Å². The van der Waals surface area contributed by atoms with Gasteiger partial charge in [0.2, 0.25) is 6.29 Å². The molecule has 1 aliphatic carbocycles. The van der Waals surface area contributed by atoms with Crippen LogP contribution in [0.25, 0.3) is 0 Å². The third kappa shape index (κ3) is 3.67. The van der Waals surface area contributed by atoms with E-state index < -0.39 is 48.8 Å². The zero-order chi connectivity index (χ0) is 17.3. The first-order chi connectivity index (χ1) is 10.8. The third-order valence-corrected chi connectivity index (χ3v) is 4.46. The molecule has 1 saturated carbocycles. The Morgan fingerprint density at radius 2 is 1.91 bits per heavy atom. The minimum atomic E-state index is -1.25. The Morgan fingerprint density at radius 1 is 1.26 bits per heavy atom. The number of nitrogens with one attached hydrogen (secondary N) is 1. The predicted octanol–water partition coefficient (Wildman–Crippen LogP) is -3.31. The van der Waals surface area contributed by atoms with Crippen molar-refractivity contribution >= 4 is 0 Å². The summed E-state index contributed by atoms with van der Waals surface area (Å²) in [6.45, 7) is 1.78. The third-order valence-electron chi connectivity index (χ3n) is 4.46. The smallest absolute Gasteiger partial charge is 0.215 e. The van der Waals surface area contributed by atoms with Crippen LogP contribution in [0.15, 0.2) is 11.8 Å². The summed E-state index contributed by atoms with van der Waals surface area (Å²) < 4.78 is 11.4. The molecule has 23 heavy (non-hydrogen) atoms. The Kier molecular flexibility index (Phi) is 5.98. The Morgan fingerprint density at radius 3 is 2.48 bits per heavy atom. The van der Waals surface area contributed by atoms with Crippen LogP contribution in [0, 0.1) is 0 Å². The normalized spacial score (nSPS) is 46.0. The lowest BCUT2D eigenvalue weighted by Crippen LogP contribution is -2.70. The fourth-order valence-electron chi connectivity index (χ4n) is 2.99. The lowest BCUT2D eigenvalue weighted by molar-refractivity contribution is -0.228. The Bertz CT molecular complexity index is 435. The molecule has 9 heteroatoms. The fourth-order valence-corrected chi connectivity index (χ4v) is 2.99. The van der Waals surface area contributed by atoms with Gasteiger partial charge in [-0.3, -0.25) is 0 Å². The molecule has 0 aromatic heterocycles. The molecule has 0 aromatic carbocycles. The van der Waals surface area contributed by atoms with Crippen LogP contribution < -0.4 is 22.5 Å². The van der Waals surface area contributed by atoms with Gasteiger partial charge in [0.1, 0.15) is 11.9 Å². The number of rotatable bonds is 4. The van der Waals surface area contributed by atoms with Crippen LogP contribution in [0.2, 0.25) is 0 Å². The molecular formula is C14H28N4O5. The van der Waals surface area contributed by atoms with Crippen molar-refractivity contribution in [3.05, 3.63) is 11.8 Å². The van der Waals surface area contributed by atoms with E-state index in [1.165, 1.54) is 0 Å². The Balaban J connectivity index is 2.12. The molecule has 10 N–H and O–H groups in total. The second-order valence-electron chi connectivity index (χ2n) is 6.25. The van der Waals surface area contributed by atoms with Crippen molar-refractivity contribution < 1.29 is 24.8 Å². The SMILES string of the molecule is CN[C@@H]1[C@@H](O)[C@H](O)[C@@H](N)[C@H](O[C@@H]2OC([C@H](C)N)=CC[C@H]2N)[C@H]1O. The molecule has 0 bridgehead atoms. The number of nitrogens with two attached hydrogens (primary N) is 3. The molecule has 0 amide bonds. The first kappa shape index (κ1) is 18.6. The van der Waals surface area contributed by atoms with Crippen LogP contribution in [0.4, 0.5) is 0 Å². The summed E-state index contributed by atoms with van der Waals surface area (Å²) in [5.74, 6) is 0.557. The molecule has 1 aliphatic heterocycles. The summed E-state index contributed by atoms with van der Waals surface area (Å²) >= 11 is 0. The average Bonchev–Trinajstić information content (AvgIpc) is 2.51. The molecule has 9 nitrogen and oxygen atoms in total. The minimum absolute atomic E-state index is 0.309. The van der Waals surface area contributed by atoms with Crippen molar-refractivity contribution in [1.82, 2.24) is 5.32 Å². The Labute approximate surface area is 135 Å². The van der Waals surface area contributed by atoms with E-state index in [0.717, 1.165) is 0 Å². The number of ether oxygens (including phenoxy) is 2. The summed E-state index contributed by atoms with van der Waals surface area (Å²) in [6, 6.07) is -2.52. The van der Waals surface area contributed by atoms with Gasteiger partial charge in [-0.05, 0) is 26.5 Å². The van der Waals surface area contributed by atoms with Crippen LogP contribution in [0.3, 0.4) is 0 Å². The van der Waals surface area contributed by atoms with Crippen molar-refractivity contribution in [1.29, 1.82) is 0 Å². The molecule has 2 rings (SSSR count). The summed E-state index contributed by atoms with van der Waals surface area (Å²) in [7, 11) is 1.57. The molecule has 0 unspecified atom stereocenters. The molecule has 9 atom stereocenters. The van der Waals surface area contributed by atoms with Gasteiger partial charge in [-0.1, -0.05) is 0 Å². The summed E-state index contributed by atoms with van der Waals surface area (Å²) in [4.78, 5) is 0. The van der Waals surface area contributed by atoms with E-state index in [1.54, 1.807) is 20.0 Å². The largest absolute Gasteiger partial charge is 0.466 e. The lowest BCUT2D eigenvalue weighted by Gasteiger charge is -2.46. The second-order valence-corrected chi connectivity index (χ2v) is 6.25. The number of likely N-dealkylation sites (N-methyl/N-ethyl adjacent to an activating group) is 1. The van der Waals surface area contributed by atoms with Gasteiger partial charge < -0.3 is 47.3 Å². The van der Waals surface area contributed by atoms with Gasteiger partial charge >= 0.3 is 0 Å². The van der Waals surface area contributed by atoms with Crippen molar-refractivity contribution in [2.24, 2.45) is 17.2 Å². The van der Waals surface area contributed by atoms with Gasteiger partial charge in [-0.15, -0.1) is 0 Å². The predicted molar refractivity (Wildman–Crippen MR) is 82.9 cm³/mol. The molecule has 0 radical (unpaired) electrons. The molecule has 0 aromatic rings. The quantitative estimate of drug-likeness (QED) is 0.278. The highest BCUT2D eigenvalue weighted by molar-refractivity contribution is 5.08. The number of hydrogen-bond acceptors (Lipinski definition) is 9. The highest BCUT2D eigenvalue weighted by Crippen LogP contribution is 2.27. The minimum Gasteiger partial charge on any atom is -0.466 e. The van der Waals surface area contributed by atoms with E-state index in [9.17, 15) is 15.3 Å². The summed E-state index contributed by atoms with van der Waals surface area (Å²) in [5.41, 5.74) is 17.7. The van der Waals surface area contributed by atoms with E-state index in [1.807, 2.05) is 0 Å². The maximum atomic E-state index is 10.4. The number of aliphatic hydroxyl groups is 3. The summed E-state index contributed by atoms with van der Waals surface area (Å²) in [6.07, 6.45) is -3.05. The zero-order valence-electron chi connectivity index (χ0n) is 13.4. The fraction of sp³-hybridized carbons (Fsp3) is 0.857. The van der Waals surface area contributed by atoms with Crippen LogP contribution in [0.5, 0.6) is 0 Å². The maximum absolute atomic E-state index is 10.4. The van der Waals surface area contributed by atoms with Gasteiger partial charge in [-0.2, -0.15) is 0 Å². The van der Waals surface area contributed by atoms with E-state index in [-0.39, 0.29) is 6.04 Å². The molecule has 0 saturated heterocycles. The zero-order valence-corrected chi connectivity index (χ0v) is 13.4. The van der Waals surface area contributed by atoms with Gasteiger partial charge in [-0.25, -0.2) is 0 Å². The van der Waals surface area contributed by atoms with Gasteiger partial charge in [0, 0.05) is 0 Å². The van der Waals surface area contributed by atoms with Gasteiger partial charge in [0.25, 0.3) is 0 Å². The monoisotopic (exact) mass is 332 g/mol. The highest BCUT2D eigenvalue weighted by Gasteiger charge is 2.49. The highest BCUT2D eigenvalue weighted by atomic mass is 16.7. The number of hydrogen-bond donors (Lipinski definition) is 7. The summed E-state index contributed by atoms with van der Waals surface area (Å²) in [5, 5.41) is 33.2. The average molecular weight is 332 g/mol. The van der Waals surface area contributed by atoms with Crippen LogP contribution in [-0.4, -0.2) is 77.2 Å². The van der Waals surface area contributed by atoms with E-state index >= 15 is 0 Å². The molecule has 0 spiro atoms. The van der Waals surface area contributed by atoms with Crippen LogP contribution >= 0.6 is 0 Å². The topological polar surface area (TPSA) is 169 Å². The number of aliphatic hydroxyl groups excluding tert-OH is 3. The standard InChI is InChI=1S/C14H28N4O5/c1-5(15)7-4-3-6(16)14(22-7)23-13-8(17)10(19)11(20)9(18-2)12(13)21/h4-6,8-14,18-21H,3,15-17H2,1-2H3/t5-,6+,8+,9+,10+,11+,12-,13-,14-/m0/s1. The lowest BCUT2D eigenvalue weighted by atomic mass is 9.82. The van der Waals surface area contributed by atoms with Crippen LogP contribution in [0.1, 0.15) is 13.3 Å². The molecule has 1 fully saturated rings. The van der Waals surface area contributed by atoms with E-state index in [2.05, 4.69) is 5.32 Å². The van der Waals surface area contributed by atoms with Gasteiger partial charge in [0.15, 0.2) is 0 Å². The first-order valence-corrected chi connectivity index (χ1v) is 7.78. The van der Waals surface area contributed by atoms with Crippen LogP contribution in [-0.2, 0) is 9.47 Å². The Hall–Kier alpha value is -0.780. The van der Waals surface area contributed by atoms with E-state index in [4.69, 9.17) is 26.7 Å². The second kappa shape index (κ2) is 7.41. The van der Waals surface area contributed by atoms with Crippen molar-refractivity contribution in [3.63, 3.8) is 0 Å². The molecular weight excluding hydrogens is 304 g/mol. The maximum Gasteiger partial charge on any atom is 0.215 e. The van der Waals surface area contributed by atoms with Crippen molar-refractivity contribution in [2.75, 3.05) is 7.05 Å². The van der Waals surface area contributed by atoms with Crippen molar-refractivity contribution in [2.45, 2.75) is 68.2 Å². The molecule has 2 aliphatic rings.